The van der Waals surface area contributed by atoms with Crippen LogP contribution in [-0.2, 0) is 23.8 Å². The van der Waals surface area contributed by atoms with Crippen LogP contribution in [-0.4, -0.2) is 27.0 Å². The summed E-state index contributed by atoms with van der Waals surface area (Å²) < 4.78 is 67.3. The molecule has 0 heterocycles. The third-order valence-electron chi connectivity index (χ3n) is 4.03. The van der Waals surface area contributed by atoms with Gasteiger partial charge in [0.1, 0.15) is 5.76 Å². The first-order valence-electron chi connectivity index (χ1n) is 6.40. The van der Waals surface area contributed by atoms with Crippen LogP contribution in [0.3, 0.4) is 0 Å². The summed E-state index contributed by atoms with van der Waals surface area (Å²) in [5.41, 5.74) is -5.99. The van der Waals surface area contributed by atoms with Gasteiger partial charge in [0, 0.05) is 6.42 Å². The van der Waals surface area contributed by atoms with Gasteiger partial charge in [0.05, 0.1) is 12.5 Å². The Labute approximate surface area is 120 Å². The number of halogens is 3. The Balaban J connectivity index is 2.02. The van der Waals surface area contributed by atoms with Gasteiger partial charge in [0.15, 0.2) is 0 Å². The third kappa shape index (κ3) is 3.02. The standard InChI is InChI=1S/C12H15F3O5S/c1-19-10(16)11(6-7-11)8-2-4-9(5-3-8)20-21(17,18)12(13,14)15/h4,8H,2-3,5-7H2,1H3. The summed E-state index contributed by atoms with van der Waals surface area (Å²) >= 11 is 0. The molecule has 1 fully saturated rings. The maximum atomic E-state index is 12.2. The van der Waals surface area contributed by atoms with Crippen molar-refractivity contribution in [3.63, 3.8) is 0 Å². The van der Waals surface area contributed by atoms with E-state index in [1.54, 1.807) is 0 Å². The fourth-order valence-corrected chi connectivity index (χ4v) is 3.22. The van der Waals surface area contributed by atoms with E-state index in [-0.39, 0.29) is 24.1 Å². The molecule has 0 amide bonds. The van der Waals surface area contributed by atoms with E-state index < -0.39 is 21.0 Å². The Bertz CT molecular complexity index is 560. The number of hydrogen-bond acceptors (Lipinski definition) is 5. The molecule has 2 aliphatic carbocycles. The van der Waals surface area contributed by atoms with Crippen molar-refractivity contribution in [3.8, 4) is 0 Å². The van der Waals surface area contributed by atoms with E-state index in [4.69, 9.17) is 4.74 Å². The maximum Gasteiger partial charge on any atom is 0.534 e. The van der Waals surface area contributed by atoms with Crippen LogP contribution in [0.1, 0.15) is 32.1 Å². The number of hydrogen-bond donors (Lipinski definition) is 0. The predicted octanol–water partition coefficient (Wildman–Crippen LogP) is 2.49. The molecule has 2 rings (SSSR count). The zero-order valence-electron chi connectivity index (χ0n) is 11.3. The van der Waals surface area contributed by atoms with E-state index in [0.717, 1.165) is 0 Å². The molecule has 9 heteroatoms. The lowest BCUT2D eigenvalue weighted by atomic mass is 9.80. The molecule has 2 aliphatic rings. The molecule has 0 aromatic rings. The van der Waals surface area contributed by atoms with Crippen LogP contribution in [0.4, 0.5) is 13.2 Å². The van der Waals surface area contributed by atoms with Crippen molar-refractivity contribution in [2.75, 3.05) is 7.11 Å². The van der Waals surface area contributed by atoms with Crippen molar-refractivity contribution >= 4 is 16.1 Å². The molecule has 5 nitrogen and oxygen atoms in total. The number of rotatable bonds is 4. The summed E-state index contributed by atoms with van der Waals surface area (Å²) in [6, 6.07) is 0. The molecule has 0 spiro atoms. The van der Waals surface area contributed by atoms with Crippen LogP contribution >= 0.6 is 0 Å². The molecular formula is C12H15F3O5S. The molecule has 0 aliphatic heterocycles. The van der Waals surface area contributed by atoms with Gasteiger partial charge in [-0.15, -0.1) is 0 Å². The highest BCUT2D eigenvalue weighted by Gasteiger charge is 2.56. The van der Waals surface area contributed by atoms with Crippen LogP contribution in [0.15, 0.2) is 11.8 Å². The maximum absolute atomic E-state index is 12.2. The zero-order chi connectivity index (χ0) is 15.9. The molecule has 0 N–H and O–H groups in total. The highest BCUT2D eigenvalue weighted by atomic mass is 32.2. The SMILES string of the molecule is COC(=O)C1(C2CC=C(OS(=O)(=O)C(F)(F)F)CC2)CC1. The number of allylic oxidation sites excluding steroid dienone is 2. The van der Waals surface area contributed by atoms with Crippen molar-refractivity contribution in [1.29, 1.82) is 0 Å². The first-order valence-corrected chi connectivity index (χ1v) is 7.81. The van der Waals surface area contributed by atoms with Crippen molar-refractivity contribution in [2.24, 2.45) is 11.3 Å². The Morgan fingerprint density at radius 2 is 2.00 bits per heavy atom. The summed E-state index contributed by atoms with van der Waals surface area (Å²) in [7, 11) is -4.32. The first-order chi connectivity index (χ1) is 9.62. The molecule has 1 atom stereocenters. The van der Waals surface area contributed by atoms with Crippen LogP contribution in [0, 0.1) is 11.3 Å². The van der Waals surface area contributed by atoms with Crippen molar-refractivity contribution in [1.82, 2.24) is 0 Å². The molecule has 0 saturated heterocycles. The third-order valence-corrected chi connectivity index (χ3v) is 5.03. The highest BCUT2D eigenvalue weighted by Crippen LogP contribution is 2.57. The lowest BCUT2D eigenvalue weighted by Gasteiger charge is -2.27. The number of carbonyl (C=O) groups is 1. The number of carbonyl (C=O) groups excluding carboxylic acids is 1. The Kier molecular flexibility index (Phi) is 3.98. The van der Waals surface area contributed by atoms with Gasteiger partial charge < -0.3 is 8.92 Å². The minimum absolute atomic E-state index is 0.0501. The summed E-state index contributed by atoms with van der Waals surface area (Å²) in [6.45, 7) is 0. The predicted molar refractivity (Wildman–Crippen MR) is 65.2 cm³/mol. The smallest absolute Gasteiger partial charge is 0.469 e. The molecule has 0 radical (unpaired) electrons. The normalized spacial score (nSPS) is 25.0. The minimum atomic E-state index is -5.62. The molecule has 0 bridgehead atoms. The van der Waals surface area contributed by atoms with Gasteiger partial charge in [-0.3, -0.25) is 4.79 Å². The second-order valence-electron chi connectivity index (χ2n) is 5.27. The van der Waals surface area contributed by atoms with Crippen molar-refractivity contribution < 1.29 is 35.3 Å². The number of methoxy groups -OCH3 is 1. The molecule has 1 saturated carbocycles. The molecule has 0 aromatic carbocycles. The van der Waals surface area contributed by atoms with Crippen molar-refractivity contribution in [3.05, 3.63) is 11.8 Å². The van der Waals surface area contributed by atoms with Gasteiger partial charge in [-0.25, -0.2) is 0 Å². The van der Waals surface area contributed by atoms with Crippen LogP contribution in [0.2, 0.25) is 0 Å². The van der Waals surface area contributed by atoms with E-state index in [2.05, 4.69) is 4.18 Å². The number of alkyl halides is 3. The summed E-state index contributed by atoms with van der Waals surface area (Å²) in [5, 5.41) is 0. The Morgan fingerprint density at radius 1 is 1.38 bits per heavy atom. The van der Waals surface area contributed by atoms with Crippen LogP contribution < -0.4 is 0 Å². The lowest BCUT2D eigenvalue weighted by Crippen LogP contribution is -2.29. The molecular weight excluding hydrogens is 313 g/mol. The fourth-order valence-electron chi connectivity index (χ4n) is 2.69. The number of esters is 1. The number of ether oxygens (including phenoxy) is 1. The van der Waals surface area contributed by atoms with Gasteiger partial charge in [-0.05, 0) is 37.7 Å². The van der Waals surface area contributed by atoms with E-state index in [1.807, 2.05) is 0 Å². The first kappa shape index (κ1) is 16.1. The Morgan fingerprint density at radius 3 is 2.38 bits per heavy atom. The zero-order valence-corrected chi connectivity index (χ0v) is 12.1. The van der Waals surface area contributed by atoms with E-state index in [0.29, 0.717) is 25.7 Å². The average molecular weight is 328 g/mol. The monoisotopic (exact) mass is 328 g/mol. The van der Waals surface area contributed by atoms with E-state index in [9.17, 15) is 26.4 Å². The van der Waals surface area contributed by atoms with E-state index >= 15 is 0 Å². The second-order valence-corrected chi connectivity index (χ2v) is 6.81. The lowest BCUT2D eigenvalue weighted by molar-refractivity contribution is -0.149. The van der Waals surface area contributed by atoms with Gasteiger partial charge in [0.2, 0.25) is 0 Å². The second kappa shape index (κ2) is 5.19. The average Bonchev–Trinajstić information content (AvgIpc) is 3.18. The minimum Gasteiger partial charge on any atom is -0.469 e. The largest absolute Gasteiger partial charge is 0.534 e. The quantitative estimate of drug-likeness (QED) is 0.450. The molecule has 0 aromatic heterocycles. The summed E-state index contributed by atoms with van der Waals surface area (Å²) in [5.74, 6) is -0.580. The molecule has 21 heavy (non-hydrogen) atoms. The topological polar surface area (TPSA) is 69.7 Å². The van der Waals surface area contributed by atoms with Gasteiger partial charge in [0.25, 0.3) is 0 Å². The Hall–Kier alpha value is -1.25. The van der Waals surface area contributed by atoms with E-state index in [1.165, 1.54) is 13.2 Å². The van der Waals surface area contributed by atoms with Crippen molar-refractivity contribution in [2.45, 2.75) is 37.6 Å². The van der Waals surface area contributed by atoms with Crippen LogP contribution in [0.5, 0.6) is 0 Å². The summed E-state index contributed by atoms with van der Waals surface area (Å²) in [6.07, 6.45) is 3.45. The molecule has 1 unspecified atom stereocenters. The molecule has 120 valence electrons. The van der Waals surface area contributed by atoms with Gasteiger partial charge >= 0.3 is 21.6 Å². The van der Waals surface area contributed by atoms with Gasteiger partial charge in [-0.2, -0.15) is 21.6 Å². The van der Waals surface area contributed by atoms with Crippen LogP contribution in [0.25, 0.3) is 0 Å². The highest BCUT2D eigenvalue weighted by molar-refractivity contribution is 7.87. The van der Waals surface area contributed by atoms with Gasteiger partial charge in [-0.1, -0.05) is 0 Å². The summed E-state index contributed by atoms with van der Waals surface area (Å²) in [4.78, 5) is 11.7. The fraction of sp³-hybridized carbons (Fsp3) is 0.750.